The van der Waals surface area contributed by atoms with Gasteiger partial charge in [0.2, 0.25) is 0 Å². The Morgan fingerprint density at radius 3 is 2.77 bits per heavy atom. The van der Waals surface area contributed by atoms with Crippen molar-refractivity contribution in [1.29, 1.82) is 0 Å². The number of ether oxygens (including phenoxy) is 1. The van der Waals surface area contributed by atoms with E-state index in [0.29, 0.717) is 12.6 Å². The van der Waals surface area contributed by atoms with Gasteiger partial charge in [-0.2, -0.15) is 0 Å². The van der Waals surface area contributed by atoms with Crippen molar-refractivity contribution in [2.24, 2.45) is 0 Å². The Labute approximate surface area is 134 Å². The van der Waals surface area contributed by atoms with E-state index in [2.05, 4.69) is 11.8 Å². The van der Waals surface area contributed by atoms with Crippen LogP contribution in [0.2, 0.25) is 0 Å². The van der Waals surface area contributed by atoms with Crippen molar-refractivity contribution in [1.82, 2.24) is 4.90 Å². The Balaban J connectivity index is 1.72. The molecule has 0 spiro atoms. The van der Waals surface area contributed by atoms with Gasteiger partial charge in [-0.1, -0.05) is 43.7 Å². The molecule has 1 saturated heterocycles. The van der Waals surface area contributed by atoms with Crippen LogP contribution in [0.5, 0.6) is 0 Å². The van der Waals surface area contributed by atoms with Crippen LogP contribution in [0, 0.1) is 0 Å². The van der Waals surface area contributed by atoms with Crippen LogP contribution in [0.25, 0.3) is 0 Å². The van der Waals surface area contributed by atoms with E-state index < -0.39 is 0 Å². The largest absolute Gasteiger partial charge is 0.465 e. The van der Waals surface area contributed by atoms with Crippen LogP contribution in [-0.4, -0.2) is 36.6 Å². The van der Waals surface area contributed by atoms with E-state index in [4.69, 9.17) is 4.74 Å². The molecule has 0 bridgehead atoms. The number of hydrogen-bond acceptors (Lipinski definition) is 3. The zero-order valence-electron chi connectivity index (χ0n) is 14.0. The highest BCUT2D eigenvalue weighted by molar-refractivity contribution is 5.78. The number of likely N-dealkylation sites (tertiary alicyclic amines) is 1. The molecule has 3 heteroatoms. The maximum Gasteiger partial charge on any atom is 0.313 e. The molecule has 2 rings (SSSR count). The van der Waals surface area contributed by atoms with E-state index in [0.717, 1.165) is 24.9 Å². The van der Waals surface area contributed by atoms with Gasteiger partial charge in [-0.05, 0) is 44.7 Å². The second-order valence-electron chi connectivity index (χ2n) is 6.27. The number of rotatable bonds is 7. The molecule has 1 heterocycles. The van der Waals surface area contributed by atoms with Gasteiger partial charge in [0.15, 0.2) is 0 Å². The molecule has 1 aromatic carbocycles. The smallest absolute Gasteiger partial charge is 0.313 e. The molecule has 1 aliphatic heterocycles. The molecule has 2 atom stereocenters. The number of piperidine rings is 1. The summed E-state index contributed by atoms with van der Waals surface area (Å²) in [4.78, 5) is 14.8. The van der Waals surface area contributed by atoms with Crippen LogP contribution in [0.15, 0.2) is 30.3 Å². The molecule has 0 aromatic heterocycles. The van der Waals surface area contributed by atoms with Gasteiger partial charge >= 0.3 is 5.97 Å². The van der Waals surface area contributed by atoms with Gasteiger partial charge < -0.3 is 9.64 Å². The molecule has 122 valence electrons. The fourth-order valence-electron chi connectivity index (χ4n) is 3.25. The Kier molecular flexibility index (Phi) is 6.91. The second-order valence-corrected chi connectivity index (χ2v) is 6.27. The minimum atomic E-state index is -0.130. The van der Waals surface area contributed by atoms with Crippen LogP contribution in [0.3, 0.4) is 0 Å². The molecule has 0 saturated carbocycles. The molecule has 0 radical (unpaired) electrons. The first-order valence-electron chi connectivity index (χ1n) is 8.68. The summed E-state index contributed by atoms with van der Waals surface area (Å²) in [5.41, 5.74) is 1.06. The lowest BCUT2D eigenvalue weighted by Gasteiger charge is -2.33. The van der Waals surface area contributed by atoms with E-state index in [1.807, 2.05) is 37.3 Å². The van der Waals surface area contributed by atoms with Crippen molar-refractivity contribution < 1.29 is 9.53 Å². The average Bonchev–Trinajstić information content (AvgIpc) is 2.55. The second kappa shape index (κ2) is 8.94. The lowest BCUT2D eigenvalue weighted by molar-refractivity contribution is -0.145. The van der Waals surface area contributed by atoms with Crippen molar-refractivity contribution in [3.05, 3.63) is 35.9 Å². The third-order valence-electron chi connectivity index (χ3n) is 4.67. The molecular weight excluding hydrogens is 274 g/mol. The zero-order chi connectivity index (χ0) is 15.8. The fraction of sp³-hybridized carbons (Fsp3) is 0.632. The van der Waals surface area contributed by atoms with E-state index in [1.54, 1.807) is 0 Å². The summed E-state index contributed by atoms with van der Waals surface area (Å²) < 4.78 is 5.51. The highest BCUT2D eigenvalue weighted by Gasteiger charge is 2.21. The predicted molar refractivity (Wildman–Crippen MR) is 89.9 cm³/mol. The highest BCUT2D eigenvalue weighted by atomic mass is 16.5. The summed E-state index contributed by atoms with van der Waals surface area (Å²) >= 11 is 0. The van der Waals surface area contributed by atoms with Gasteiger partial charge in [-0.25, -0.2) is 0 Å². The van der Waals surface area contributed by atoms with Crippen molar-refractivity contribution >= 4 is 5.97 Å². The van der Waals surface area contributed by atoms with Gasteiger partial charge in [0.1, 0.15) is 0 Å². The normalized spacial score (nSPS) is 20.5. The lowest BCUT2D eigenvalue weighted by atomic mass is 9.97. The SMILES string of the molecule is CCC(C(=O)OCCCN1CCCCC1C)c1ccccc1. The maximum atomic E-state index is 12.3. The van der Waals surface area contributed by atoms with E-state index in [9.17, 15) is 4.79 Å². The topological polar surface area (TPSA) is 29.5 Å². The summed E-state index contributed by atoms with van der Waals surface area (Å²) in [6.45, 7) is 7.10. The predicted octanol–water partition coefficient (Wildman–Crippen LogP) is 3.99. The Morgan fingerprint density at radius 1 is 1.32 bits per heavy atom. The molecule has 1 fully saturated rings. The molecule has 0 amide bonds. The van der Waals surface area contributed by atoms with Gasteiger partial charge in [0, 0.05) is 12.6 Å². The van der Waals surface area contributed by atoms with E-state index in [1.165, 1.54) is 25.8 Å². The Bertz CT molecular complexity index is 446. The quantitative estimate of drug-likeness (QED) is 0.563. The minimum absolute atomic E-state index is 0.0830. The fourth-order valence-corrected chi connectivity index (χ4v) is 3.25. The highest BCUT2D eigenvalue weighted by Crippen LogP contribution is 2.21. The third kappa shape index (κ3) is 4.84. The zero-order valence-corrected chi connectivity index (χ0v) is 14.0. The number of esters is 1. The summed E-state index contributed by atoms with van der Waals surface area (Å²) in [7, 11) is 0. The summed E-state index contributed by atoms with van der Waals surface area (Å²) in [5, 5.41) is 0. The van der Waals surface area contributed by atoms with Gasteiger partial charge in [-0.15, -0.1) is 0 Å². The van der Waals surface area contributed by atoms with Gasteiger partial charge in [-0.3, -0.25) is 4.79 Å². The van der Waals surface area contributed by atoms with Crippen LogP contribution in [0.1, 0.15) is 57.4 Å². The first kappa shape index (κ1) is 17.0. The first-order chi connectivity index (χ1) is 10.7. The molecule has 2 unspecified atom stereocenters. The lowest BCUT2D eigenvalue weighted by Crippen LogP contribution is -2.38. The standard InChI is InChI=1S/C19H29NO2/c1-3-18(17-11-5-4-6-12-17)19(21)22-15-9-14-20-13-8-7-10-16(20)2/h4-6,11-12,16,18H,3,7-10,13-15H2,1-2H3. The maximum absolute atomic E-state index is 12.3. The first-order valence-corrected chi connectivity index (χ1v) is 8.68. The van der Waals surface area contributed by atoms with Crippen LogP contribution >= 0.6 is 0 Å². The molecule has 0 N–H and O–H groups in total. The summed E-state index contributed by atoms with van der Waals surface area (Å²) in [5.74, 6) is -0.212. The summed E-state index contributed by atoms with van der Waals surface area (Å²) in [6.07, 6.45) is 5.66. The summed E-state index contributed by atoms with van der Waals surface area (Å²) in [6, 6.07) is 10.6. The van der Waals surface area contributed by atoms with Crippen LogP contribution in [-0.2, 0) is 9.53 Å². The van der Waals surface area contributed by atoms with E-state index in [-0.39, 0.29) is 11.9 Å². The number of benzene rings is 1. The molecule has 1 aliphatic rings. The van der Waals surface area contributed by atoms with Crippen LogP contribution < -0.4 is 0 Å². The van der Waals surface area contributed by atoms with E-state index >= 15 is 0 Å². The minimum Gasteiger partial charge on any atom is -0.465 e. The molecule has 22 heavy (non-hydrogen) atoms. The number of nitrogens with zero attached hydrogens (tertiary/aromatic N) is 1. The van der Waals surface area contributed by atoms with Crippen molar-refractivity contribution in [2.75, 3.05) is 19.7 Å². The van der Waals surface area contributed by atoms with Crippen molar-refractivity contribution in [3.8, 4) is 0 Å². The van der Waals surface area contributed by atoms with Crippen LogP contribution in [0.4, 0.5) is 0 Å². The molecule has 1 aromatic rings. The monoisotopic (exact) mass is 303 g/mol. The average molecular weight is 303 g/mol. The Morgan fingerprint density at radius 2 is 2.09 bits per heavy atom. The van der Waals surface area contributed by atoms with Crippen molar-refractivity contribution in [2.45, 2.75) is 57.9 Å². The number of carbonyl (C=O) groups excluding carboxylic acids is 1. The third-order valence-corrected chi connectivity index (χ3v) is 4.67. The number of carbonyl (C=O) groups is 1. The Hall–Kier alpha value is -1.35. The molecular formula is C19H29NO2. The van der Waals surface area contributed by atoms with Gasteiger partial charge in [0.25, 0.3) is 0 Å². The van der Waals surface area contributed by atoms with Gasteiger partial charge in [0.05, 0.1) is 12.5 Å². The number of hydrogen-bond donors (Lipinski definition) is 0. The van der Waals surface area contributed by atoms with Crippen molar-refractivity contribution in [3.63, 3.8) is 0 Å². The molecule has 3 nitrogen and oxygen atoms in total. The molecule has 0 aliphatic carbocycles.